The molecule has 2 aliphatic rings. The summed E-state index contributed by atoms with van der Waals surface area (Å²) in [6, 6.07) is 16.4. The molecule has 0 atom stereocenters. The smallest absolute Gasteiger partial charge is 0.294 e. The number of benzene rings is 3. The van der Waals surface area contributed by atoms with Gasteiger partial charge in [-0.15, -0.1) is 6.58 Å². The molecular weight excluding hydrogens is 612 g/mol. The van der Waals surface area contributed by atoms with Gasteiger partial charge in [0.05, 0.1) is 12.0 Å². The van der Waals surface area contributed by atoms with Crippen molar-refractivity contribution in [2.75, 3.05) is 25.8 Å². The molecule has 1 fully saturated rings. The zero-order valence-electron chi connectivity index (χ0n) is 22.0. The average Bonchev–Trinajstić information content (AvgIpc) is 3.52. The van der Waals surface area contributed by atoms with Crippen LogP contribution in [-0.2, 0) is 22.6 Å². The molecule has 0 saturated carbocycles. The monoisotopic (exact) mass is 636 g/mol. The highest BCUT2D eigenvalue weighted by atomic mass is 79.9. The van der Waals surface area contributed by atoms with Crippen LogP contribution in [0.25, 0.3) is 6.08 Å². The third-order valence-corrected chi connectivity index (χ3v) is 7.60. The SMILES string of the molecule is C=CCc1cc(/C=C2\SC(=O)N(CC(=O)Nc3ccc4c(c3)OCO4)C2=O)cc(OC)c1OCc1ccc(Br)cc1. The predicted molar refractivity (Wildman–Crippen MR) is 159 cm³/mol. The average molecular weight is 638 g/mol. The number of halogens is 1. The van der Waals surface area contributed by atoms with Crippen molar-refractivity contribution in [2.45, 2.75) is 13.0 Å². The van der Waals surface area contributed by atoms with Crippen LogP contribution in [0.4, 0.5) is 10.5 Å². The molecule has 0 aliphatic carbocycles. The van der Waals surface area contributed by atoms with Gasteiger partial charge < -0.3 is 24.3 Å². The maximum absolute atomic E-state index is 13.1. The third kappa shape index (κ3) is 6.58. The lowest BCUT2D eigenvalue weighted by Crippen LogP contribution is -2.36. The van der Waals surface area contributed by atoms with Crippen LogP contribution in [0.3, 0.4) is 0 Å². The molecule has 3 aromatic carbocycles. The number of hydrogen-bond donors (Lipinski definition) is 1. The summed E-state index contributed by atoms with van der Waals surface area (Å²) in [5.41, 5.74) is 2.90. The summed E-state index contributed by atoms with van der Waals surface area (Å²) in [7, 11) is 1.54. The highest BCUT2D eigenvalue weighted by Gasteiger charge is 2.36. The highest BCUT2D eigenvalue weighted by molar-refractivity contribution is 9.10. The Balaban J connectivity index is 1.30. The minimum atomic E-state index is -0.555. The number of amides is 3. The van der Waals surface area contributed by atoms with E-state index in [0.717, 1.165) is 32.3 Å². The minimum absolute atomic E-state index is 0.110. The van der Waals surface area contributed by atoms with Crippen LogP contribution < -0.4 is 24.3 Å². The fourth-order valence-corrected chi connectivity index (χ4v) is 5.33. The maximum Gasteiger partial charge on any atom is 0.294 e. The van der Waals surface area contributed by atoms with Crippen LogP contribution >= 0.6 is 27.7 Å². The number of anilines is 1. The lowest BCUT2D eigenvalue weighted by Gasteiger charge is -2.16. The second-order valence-corrected chi connectivity index (χ2v) is 10.9. The summed E-state index contributed by atoms with van der Waals surface area (Å²) >= 11 is 4.20. The fraction of sp³-hybridized carbons (Fsp3) is 0.167. The van der Waals surface area contributed by atoms with Gasteiger partial charge in [0.2, 0.25) is 12.7 Å². The van der Waals surface area contributed by atoms with E-state index in [1.165, 1.54) is 7.11 Å². The zero-order chi connectivity index (χ0) is 28.9. The second kappa shape index (κ2) is 12.5. The van der Waals surface area contributed by atoms with Crippen LogP contribution in [0.5, 0.6) is 23.0 Å². The van der Waals surface area contributed by atoms with Gasteiger partial charge in [-0.1, -0.05) is 34.1 Å². The van der Waals surface area contributed by atoms with Crippen LogP contribution in [0.15, 0.2) is 76.6 Å². The lowest BCUT2D eigenvalue weighted by molar-refractivity contribution is -0.127. The molecule has 9 nitrogen and oxygen atoms in total. The van der Waals surface area contributed by atoms with Crippen molar-refractivity contribution in [3.8, 4) is 23.0 Å². The van der Waals surface area contributed by atoms with E-state index < -0.39 is 23.6 Å². The number of imide groups is 1. The number of carbonyl (C=O) groups is 3. The number of carbonyl (C=O) groups excluding carboxylic acids is 3. The van der Waals surface area contributed by atoms with Gasteiger partial charge in [-0.25, -0.2) is 0 Å². The van der Waals surface area contributed by atoms with Crippen molar-refractivity contribution < 1.29 is 33.3 Å². The van der Waals surface area contributed by atoms with E-state index in [4.69, 9.17) is 18.9 Å². The van der Waals surface area contributed by atoms with E-state index in [-0.39, 0.29) is 11.7 Å². The van der Waals surface area contributed by atoms with E-state index in [9.17, 15) is 14.4 Å². The Morgan fingerprint density at radius 3 is 2.66 bits per heavy atom. The molecule has 0 aromatic heterocycles. The van der Waals surface area contributed by atoms with Crippen LogP contribution in [0, 0.1) is 0 Å². The van der Waals surface area contributed by atoms with Crippen LogP contribution in [0.1, 0.15) is 16.7 Å². The second-order valence-electron chi connectivity index (χ2n) is 9.00. The van der Waals surface area contributed by atoms with Gasteiger partial charge in [-0.05, 0) is 71.8 Å². The van der Waals surface area contributed by atoms with Crippen LogP contribution in [-0.4, -0.2) is 42.4 Å². The largest absolute Gasteiger partial charge is 0.493 e. The zero-order valence-corrected chi connectivity index (χ0v) is 24.4. The summed E-state index contributed by atoms with van der Waals surface area (Å²) in [6.07, 6.45) is 3.85. The Morgan fingerprint density at radius 2 is 1.90 bits per heavy atom. The van der Waals surface area contributed by atoms with E-state index >= 15 is 0 Å². The molecule has 0 spiro atoms. The molecule has 11 heteroatoms. The minimum Gasteiger partial charge on any atom is -0.493 e. The van der Waals surface area contributed by atoms with E-state index in [2.05, 4.69) is 27.8 Å². The summed E-state index contributed by atoms with van der Waals surface area (Å²) < 4.78 is 23.3. The van der Waals surface area contributed by atoms with Gasteiger partial charge in [0.1, 0.15) is 13.2 Å². The summed E-state index contributed by atoms with van der Waals surface area (Å²) in [5, 5.41) is 2.15. The first-order chi connectivity index (χ1) is 19.8. The number of fused-ring (bicyclic) bond motifs is 1. The summed E-state index contributed by atoms with van der Waals surface area (Å²) in [6.45, 7) is 3.86. The Hall–Kier alpha value is -4.22. The first-order valence-corrected chi connectivity index (χ1v) is 14.1. The number of methoxy groups -OCH3 is 1. The van der Waals surface area contributed by atoms with Crippen molar-refractivity contribution in [3.05, 3.63) is 93.3 Å². The normalized spacial score (nSPS) is 14.9. The van der Waals surface area contributed by atoms with Crippen molar-refractivity contribution in [2.24, 2.45) is 0 Å². The molecule has 0 bridgehead atoms. The van der Waals surface area contributed by atoms with E-state index in [1.54, 1.807) is 36.4 Å². The summed E-state index contributed by atoms with van der Waals surface area (Å²) in [4.78, 5) is 39.5. The number of thioether (sulfide) groups is 1. The highest BCUT2D eigenvalue weighted by Crippen LogP contribution is 2.38. The summed E-state index contributed by atoms with van der Waals surface area (Å²) in [5.74, 6) is 1.06. The molecule has 2 heterocycles. The third-order valence-electron chi connectivity index (χ3n) is 6.16. The molecule has 41 heavy (non-hydrogen) atoms. The Bertz CT molecular complexity index is 1560. The Labute approximate surface area is 249 Å². The molecule has 0 radical (unpaired) electrons. The fourth-order valence-electron chi connectivity index (χ4n) is 4.23. The Kier molecular flexibility index (Phi) is 8.65. The Morgan fingerprint density at radius 1 is 1.12 bits per heavy atom. The molecule has 2 aliphatic heterocycles. The first kappa shape index (κ1) is 28.3. The van der Waals surface area contributed by atoms with E-state index in [0.29, 0.717) is 47.3 Å². The molecular formula is C30H25BrN2O7S. The van der Waals surface area contributed by atoms with Crippen LogP contribution in [0.2, 0.25) is 0 Å². The van der Waals surface area contributed by atoms with Gasteiger partial charge in [-0.3, -0.25) is 19.3 Å². The van der Waals surface area contributed by atoms with E-state index in [1.807, 2.05) is 30.3 Å². The lowest BCUT2D eigenvalue weighted by atomic mass is 10.0. The maximum atomic E-state index is 13.1. The van der Waals surface area contributed by atoms with Crippen molar-refractivity contribution in [3.63, 3.8) is 0 Å². The van der Waals surface area contributed by atoms with Crippen molar-refractivity contribution in [1.82, 2.24) is 4.90 Å². The van der Waals surface area contributed by atoms with Gasteiger partial charge in [0, 0.05) is 21.8 Å². The number of rotatable bonds is 10. The molecule has 0 unspecified atom stereocenters. The number of hydrogen-bond acceptors (Lipinski definition) is 8. The predicted octanol–water partition coefficient (Wildman–Crippen LogP) is 6.17. The molecule has 3 aromatic rings. The van der Waals surface area contributed by atoms with Gasteiger partial charge in [0.25, 0.3) is 11.1 Å². The molecule has 5 rings (SSSR count). The standard InChI is InChI=1S/C30H25BrN2O7S/c1-3-4-20-11-19(12-25(37-2)28(20)38-16-18-5-7-21(31)8-6-18)13-26-29(35)33(30(36)41-26)15-27(34)32-22-9-10-23-24(14-22)40-17-39-23/h3,5-14H,1,4,15-17H2,2H3,(H,32,34)/b26-13-. The first-order valence-electron chi connectivity index (χ1n) is 12.5. The number of nitrogens with zero attached hydrogens (tertiary/aromatic N) is 1. The molecule has 3 amide bonds. The van der Waals surface area contributed by atoms with Crippen molar-refractivity contribution in [1.29, 1.82) is 0 Å². The van der Waals surface area contributed by atoms with Gasteiger partial charge in [-0.2, -0.15) is 0 Å². The quantitative estimate of drug-likeness (QED) is 0.208. The molecule has 1 saturated heterocycles. The van der Waals surface area contributed by atoms with Gasteiger partial charge >= 0.3 is 0 Å². The van der Waals surface area contributed by atoms with Gasteiger partial charge in [0.15, 0.2) is 23.0 Å². The number of allylic oxidation sites excluding steroid dienone is 1. The number of ether oxygens (including phenoxy) is 4. The van der Waals surface area contributed by atoms with Crippen molar-refractivity contribution >= 4 is 56.5 Å². The molecule has 210 valence electrons. The topological polar surface area (TPSA) is 103 Å². The number of nitrogens with one attached hydrogen (secondary N) is 1. The molecule has 1 N–H and O–H groups in total.